The number of anilines is 1. The number of fused-ring (bicyclic) bond motifs is 1. The first-order valence-corrected chi connectivity index (χ1v) is 8.97. The van der Waals surface area contributed by atoms with Gasteiger partial charge in [-0.05, 0) is 24.3 Å². The van der Waals surface area contributed by atoms with Crippen LogP contribution in [-0.2, 0) is 4.74 Å². The molecule has 1 saturated heterocycles. The Morgan fingerprint density at radius 1 is 1.11 bits per heavy atom. The molecule has 144 valence electrons. The monoisotopic (exact) mass is 380 g/mol. The number of para-hydroxylation sites is 2. The lowest BCUT2D eigenvalue weighted by atomic mass is 10.3. The Hall–Kier alpha value is -3.39. The number of hydrogen-bond donors (Lipinski definition) is 1. The van der Waals surface area contributed by atoms with Crippen molar-refractivity contribution in [3.05, 3.63) is 60.2 Å². The van der Waals surface area contributed by atoms with Gasteiger partial charge in [0.05, 0.1) is 31.5 Å². The zero-order valence-corrected chi connectivity index (χ0v) is 15.4. The molecule has 0 bridgehead atoms. The van der Waals surface area contributed by atoms with Crippen molar-refractivity contribution in [2.75, 3.05) is 38.7 Å². The molecular weight excluding hydrogens is 360 g/mol. The van der Waals surface area contributed by atoms with Crippen LogP contribution in [0, 0.1) is 0 Å². The normalized spacial score (nSPS) is 14.1. The Morgan fingerprint density at radius 3 is 2.64 bits per heavy atom. The second-order valence-corrected chi connectivity index (χ2v) is 6.30. The van der Waals surface area contributed by atoms with E-state index in [0.717, 1.165) is 0 Å². The molecule has 1 N–H and O–H groups in total. The van der Waals surface area contributed by atoms with Gasteiger partial charge in [0.25, 0.3) is 11.8 Å². The molecule has 0 aliphatic carbocycles. The minimum absolute atomic E-state index is 0.137. The van der Waals surface area contributed by atoms with Gasteiger partial charge in [-0.1, -0.05) is 18.2 Å². The van der Waals surface area contributed by atoms with Gasteiger partial charge in [-0.2, -0.15) is 0 Å². The molecule has 1 fully saturated rings. The molecule has 0 unspecified atom stereocenters. The molecule has 3 aromatic rings. The van der Waals surface area contributed by atoms with Crippen LogP contribution in [0.1, 0.15) is 21.1 Å². The predicted octanol–water partition coefficient (Wildman–Crippen LogP) is 2.07. The molecule has 0 radical (unpaired) electrons. The number of hydrogen-bond acceptors (Lipinski definition) is 5. The van der Waals surface area contributed by atoms with Crippen molar-refractivity contribution >= 4 is 23.0 Å². The van der Waals surface area contributed by atoms with Crippen LogP contribution in [0.3, 0.4) is 0 Å². The number of carbonyl (C=O) groups is 2. The van der Waals surface area contributed by atoms with Gasteiger partial charge < -0.3 is 19.7 Å². The number of rotatable bonds is 4. The lowest BCUT2D eigenvalue weighted by Crippen LogP contribution is -2.40. The van der Waals surface area contributed by atoms with E-state index in [9.17, 15) is 9.59 Å². The summed E-state index contributed by atoms with van der Waals surface area (Å²) in [6.07, 6.45) is 1.72. The summed E-state index contributed by atoms with van der Waals surface area (Å²) in [6, 6.07) is 12.5. The van der Waals surface area contributed by atoms with Crippen molar-refractivity contribution in [2.45, 2.75) is 0 Å². The van der Waals surface area contributed by atoms with Crippen LogP contribution in [0.2, 0.25) is 0 Å². The van der Waals surface area contributed by atoms with E-state index >= 15 is 0 Å². The highest BCUT2D eigenvalue weighted by Crippen LogP contribution is 2.24. The average Bonchev–Trinajstić information content (AvgIpc) is 3.14. The molecule has 1 aliphatic heterocycles. The van der Waals surface area contributed by atoms with Crippen molar-refractivity contribution < 1.29 is 19.1 Å². The van der Waals surface area contributed by atoms with E-state index in [1.54, 1.807) is 45.8 Å². The molecule has 4 rings (SSSR count). The van der Waals surface area contributed by atoms with E-state index in [4.69, 9.17) is 9.47 Å². The minimum atomic E-state index is -0.424. The number of pyridine rings is 1. The fraction of sp³-hybridized carbons (Fsp3) is 0.250. The zero-order valence-electron chi connectivity index (χ0n) is 15.4. The molecule has 0 saturated carbocycles. The maximum absolute atomic E-state index is 13.0. The van der Waals surface area contributed by atoms with Gasteiger partial charge in [0.2, 0.25) is 5.82 Å². The van der Waals surface area contributed by atoms with Gasteiger partial charge >= 0.3 is 0 Å². The molecule has 2 amide bonds. The van der Waals surface area contributed by atoms with Crippen LogP contribution < -0.4 is 10.1 Å². The lowest BCUT2D eigenvalue weighted by Gasteiger charge is -2.26. The van der Waals surface area contributed by atoms with E-state index in [0.29, 0.717) is 43.3 Å². The number of benzene rings is 1. The summed E-state index contributed by atoms with van der Waals surface area (Å²) in [7, 11) is 1.54. The van der Waals surface area contributed by atoms with Gasteiger partial charge in [0.15, 0.2) is 5.69 Å². The summed E-state index contributed by atoms with van der Waals surface area (Å²) in [6.45, 7) is 2.01. The number of carbonyl (C=O) groups excluding carboxylic acids is 2. The first-order valence-electron chi connectivity index (χ1n) is 8.97. The standard InChI is InChI=1S/C20H20N4O4/c1-27-16-8-3-2-6-14(16)21-19(25)18-22-17(15-7-4-5-9-24(15)18)20(26)23-10-12-28-13-11-23/h2-9H,10-13H2,1H3,(H,21,25). The van der Waals surface area contributed by atoms with Crippen molar-refractivity contribution in [1.82, 2.24) is 14.3 Å². The molecule has 2 aromatic heterocycles. The summed E-state index contributed by atoms with van der Waals surface area (Å²) < 4.78 is 12.2. The molecule has 3 heterocycles. The highest BCUT2D eigenvalue weighted by molar-refractivity contribution is 6.06. The summed E-state index contributed by atoms with van der Waals surface area (Å²) >= 11 is 0. The van der Waals surface area contributed by atoms with E-state index in [1.165, 1.54) is 7.11 Å². The number of nitrogens with one attached hydrogen (secondary N) is 1. The van der Waals surface area contributed by atoms with Crippen LogP contribution in [0.5, 0.6) is 5.75 Å². The van der Waals surface area contributed by atoms with Gasteiger partial charge in [0.1, 0.15) is 5.75 Å². The zero-order chi connectivity index (χ0) is 19.5. The molecule has 8 heteroatoms. The average molecular weight is 380 g/mol. The summed E-state index contributed by atoms with van der Waals surface area (Å²) in [5.41, 5.74) is 1.38. The van der Waals surface area contributed by atoms with Crippen molar-refractivity contribution in [3.63, 3.8) is 0 Å². The van der Waals surface area contributed by atoms with Crippen LogP contribution in [0.15, 0.2) is 48.7 Å². The topological polar surface area (TPSA) is 85.2 Å². The molecule has 0 atom stereocenters. The van der Waals surface area contributed by atoms with Crippen LogP contribution >= 0.6 is 0 Å². The Bertz CT molecular complexity index is 1020. The minimum Gasteiger partial charge on any atom is -0.495 e. The van der Waals surface area contributed by atoms with Crippen LogP contribution in [-0.4, -0.2) is 59.5 Å². The second kappa shape index (κ2) is 7.69. The van der Waals surface area contributed by atoms with Crippen molar-refractivity contribution in [1.29, 1.82) is 0 Å². The number of morpholine rings is 1. The molecule has 8 nitrogen and oxygen atoms in total. The predicted molar refractivity (Wildman–Crippen MR) is 103 cm³/mol. The van der Waals surface area contributed by atoms with Crippen LogP contribution in [0.25, 0.3) is 5.52 Å². The number of nitrogens with zero attached hydrogens (tertiary/aromatic N) is 3. The first kappa shape index (κ1) is 18.0. The largest absolute Gasteiger partial charge is 0.495 e. The maximum Gasteiger partial charge on any atom is 0.292 e. The Balaban J connectivity index is 1.69. The van der Waals surface area contributed by atoms with Crippen molar-refractivity contribution in [3.8, 4) is 5.75 Å². The highest BCUT2D eigenvalue weighted by atomic mass is 16.5. The summed E-state index contributed by atoms with van der Waals surface area (Å²) in [5, 5.41) is 2.81. The second-order valence-electron chi connectivity index (χ2n) is 6.30. The lowest BCUT2D eigenvalue weighted by molar-refractivity contribution is 0.0300. The van der Waals surface area contributed by atoms with E-state index in [-0.39, 0.29) is 17.4 Å². The SMILES string of the molecule is COc1ccccc1NC(=O)c1nc(C(=O)N2CCOCC2)c2ccccn12. The molecule has 1 aliphatic rings. The highest BCUT2D eigenvalue weighted by Gasteiger charge is 2.26. The fourth-order valence-electron chi connectivity index (χ4n) is 3.20. The Morgan fingerprint density at radius 2 is 1.86 bits per heavy atom. The maximum atomic E-state index is 13.0. The van der Waals surface area contributed by atoms with E-state index < -0.39 is 5.91 Å². The number of ether oxygens (including phenoxy) is 2. The molecular formula is C20H20N4O4. The molecule has 0 spiro atoms. The molecule has 1 aromatic carbocycles. The fourth-order valence-corrected chi connectivity index (χ4v) is 3.20. The summed E-state index contributed by atoms with van der Waals surface area (Å²) in [5.74, 6) is 0.0505. The third kappa shape index (κ3) is 3.29. The number of amides is 2. The van der Waals surface area contributed by atoms with Gasteiger partial charge in [-0.25, -0.2) is 4.98 Å². The quantitative estimate of drug-likeness (QED) is 0.749. The van der Waals surface area contributed by atoms with E-state index in [1.807, 2.05) is 12.1 Å². The van der Waals surface area contributed by atoms with Gasteiger partial charge in [-0.3, -0.25) is 14.0 Å². The third-order valence-corrected chi connectivity index (χ3v) is 4.61. The van der Waals surface area contributed by atoms with Crippen LogP contribution in [0.4, 0.5) is 5.69 Å². The number of methoxy groups -OCH3 is 1. The van der Waals surface area contributed by atoms with Gasteiger partial charge in [-0.15, -0.1) is 0 Å². The Kier molecular flexibility index (Phi) is 4.94. The first-order chi connectivity index (χ1) is 13.7. The van der Waals surface area contributed by atoms with Crippen molar-refractivity contribution in [2.24, 2.45) is 0 Å². The van der Waals surface area contributed by atoms with Gasteiger partial charge in [0, 0.05) is 19.3 Å². The molecule has 28 heavy (non-hydrogen) atoms. The summed E-state index contributed by atoms with van der Waals surface area (Å²) in [4.78, 5) is 32.0. The number of aromatic nitrogens is 2. The smallest absolute Gasteiger partial charge is 0.292 e. The number of imidazole rings is 1. The Labute approximate surface area is 161 Å². The third-order valence-electron chi connectivity index (χ3n) is 4.61. The van der Waals surface area contributed by atoms with E-state index in [2.05, 4.69) is 10.3 Å².